The molecular formula is C16H22N4S. The van der Waals surface area contributed by atoms with Crippen LogP contribution >= 0.6 is 11.8 Å². The molecule has 0 spiro atoms. The van der Waals surface area contributed by atoms with Crippen LogP contribution in [-0.4, -0.2) is 20.5 Å². The fraction of sp³-hybridized carbons (Fsp3) is 0.500. The van der Waals surface area contributed by atoms with Gasteiger partial charge in [-0.05, 0) is 43.4 Å². The van der Waals surface area contributed by atoms with Crippen molar-refractivity contribution in [3.05, 3.63) is 35.7 Å². The molecule has 4 nitrogen and oxygen atoms in total. The fourth-order valence-corrected chi connectivity index (χ4v) is 3.68. The minimum Gasteiger partial charge on any atom is -0.399 e. The quantitative estimate of drug-likeness (QED) is 0.523. The van der Waals surface area contributed by atoms with Crippen LogP contribution in [0.2, 0.25) is 0 Å². The Morgan fingerprint density at radius 1 is 1.19 bits per heavy atom. The van der Waals surface area contributed by atoms with Crippen LogP contribution in [0.5, 0.6) is 0 Å². The van der Waals surface area contributed by atoms with Gasteiger partial charge in [0.1, 0.15) is 5.82 Å². The highest BCUT2D eigenvalue weighted by atomic mass is 32.2. The second-order valence-corrected chi connectivity index (χ2v) is 6.62. The number of benzene rings is 1. The predicted octanol–water partition coefficient (Wildman–Crippen LogP) is 3.31. The zero-order chi connectivity index (χ0) is 14.5. The number of hydrogen-bond donors (Lipinski definition) is 1. The third-order valence-corrected chi connectivity index (χ3v) is 4.92. The van der Waals surface area contributed by atoms with Crippen LogP contribution in [0.25, 0.3) is 0 Å². The van der Waals surface area contributed by atoms with Gasteiger partial charge in [-0.2, -0.15) is 0 Å². The molecular weight excluding hydrogens is 280 g/mol. The predicted molar refractivity (Wildman–Crippen MR) is 87.5 cm³/mol. The van der Waals surface area contributed by atoms with Gasteiger partial charge in [0.25, 0.3) is 0 Å². The summed E-state index contributed by atoms with van der Waals surface area (Å²) in [6, 6.07) is 8.16. The van der Waals surface area contributed by atoms with Gasteiger partial charge >= 0.3 is 0 Å². The Hall–Kier alpha value is -1.49. The van der Waals surface area contributed by atoms with Crippen molar-refractivity contribution >= 4 is 17.4 Å². The Morgan fingerprint density at radius 2 is 2.14 bits per heavy atom. The van der Waals surface area contributed by atoms with Crippen LogP contribution in [0, 0.1) is 0 Å². The maximum atomic E-state index is 5.80. The zero-order valence-corrected chi connectivity index (χ0v) is 13.1. The zero-order valence-electron chi connectivity index (χ0n) is 12.3. The maximum absolute atomic E-state index is 5.80. The van der Waals surface area contributed by atoms with E-state index >= 15 is 0 Å². The van der Waals surface area contributed by atoms with Crippen molar-refractivity contribution in [1.82, 2.24) is 14.8 Å². The summed E-state index contributed by atoms with van der Waals surface area (Å²) in [7, 11) is 0. The van der Waals surface area contributed by atoms with Gasteiger partial charge in [0, 0.05) is 24.4 Å². The monoisotopic (exact) mass is 302 g/mol. The van der Waals surface area contributed by atoms with Gasteiger partial charge in [0.15, 0.2) is 5.16 Å². The van der Waals surface area contributed by atoms with Gasteiger partial charge in [-0.1, -0.05) is 30.3 Å². The van der Waals surface area contributed by atoms with E-state index in [0.717, 1.165) is 42.4 Å². The van der Waals surface area contributed by atoms with Gasteiger partial charge in [0.2, 0.25) is 0 Å². The first-order valence-electron chi connectivity index (χ1n) is 7.72. The topological polar surface area (TPSA) is 56.7 Å². The number of nitrogen functional groups attached to an aromatic ring is 1. The first-order valence-corrected chi connectivity index (χ1v) is 8.71. The number of anilines is 1. The van der Waals surface area contributed by atoms with Gasteiger partial charge in [-0.3, -0.25) is 0 Å². The van der Waals surface area contributed by atoms with E-state index in [1.165, 1.54) is 30.7 Å². The van der Waals surface area contributed by atoms with Crippen molar-refractivity contribution in [3.63, 3.8) is 0 Å². The van der Waals surface area contributed by atoms with Crippen LogP contribution < -0.4 is 5.73 Å². The van der Waals surface area contributed by atoms with Crippen molar-refractivity contribution in [2.75, 3.05) is 11.5 Å². The fourth-order valence-electron chi connectivity index (χ4n) is 2.75. The second kappa shape index (κ2) is 6.98. The summed E-state index contributed by atoms with van der Waals surface area (Å²) in [5.74, 6) is 2.25. The van der Waals surface area contributed by atoms with Crippen molar-refractivity contribution in [3.8, 4) is 0 Å². The number of nitrogens with two attached hydrogens (primary N) is 1. The molecule has 0 fully saturated rings. The third kappa shape index (κ3) is 3.79. The molecule has 2 N–H and O–H groups in total. The van der Waals surface area contributed by atoms with Gasteiger partial charge in [0.05, 0.1) is 0 Å². The molecule has 1 aromatic heterocycles. The number of aromatic nitrogens is 3. The molecule has 112 valence electrons. The molecule has 2 aromatic rings. The lowest BCUT2D eigenvalue weighted by Crippen LogP contribution is -2.02. The molecule has 0 saturated heterocycles. The summed E-state index contributed by atoms with van der Waals surface area (Å²) in [6.07, 6.45) is 7.09. The summed E-state index contributed by atoms with van der Waals surface area (Å²) < 4.78 is 2.32. The number of thioether (sulfide) groups is 1. The van der Waals surface area contributed by atoms with Crippen LogP contribution in [-0.2, 0) is 19.4 Å². The van der Waals surface area contributed by atoms with E-state index in [4.69, 9.17) is 5.73 Å². The van der Waals surface area contributed by atoms with E-state index in [-0.39, 0.29) is 0 Å². The number of rotatable bonds is 5. The summed E-state index contributed by atoms with van der Waals surface area (Å²) in [4.78, 5) is 0. The van der Waals surface area contributed by atoms with Crippen LogP contribution in [0.15, 0.2) is 29.4 Å². The van der Waals surface area contributed by atoms with E-state index in [1.807, 2.05) is 23.9 Å². The molecule has 0 radical (unpaired) electrons. The van der Waals surface area contributed by atoms with Crippen LogP contribution in [0.3, 0.4) is 0 Å². The summed E-state index contributed by atoms with van der Waals surface area (Å²) in [5.41, 5.74) is 7.97. The molecule has 0 amide bonds. The number of hydrogen-bond acceptors (Lipinski definition) is 4. The molecule has 0 atom stereocenters. The summed E-state index contributed by atoms with van der Waals surface area (Å²) in [5, 5.41) is 9.79. The van der Waals surface area contributed by atoms with Gasteiger partial charge in [-0.25, -0.2) is 0 Å². The van der Waals surface area contributed by atoms with Crippen molar-refractivity contribution in [1.29, 1.82) is 0 Å². The molecule has 1 aliphatic rings. The minimum atomic E-state index is 0.850. The van der Waals surface area contributed by atoms with Crippen LogP contribution in [0.4, 0.5) is 5.69 Å². The molecule has 1 aromatic carbocycles. The maximum Gasteiger partial charge on any atom is 0.191 e. The number of fused-ring (bicyclic) bond motifs is 1. The first kappa shape index (κ1) is 14.4. The average molecular weight is 302 g/mol. The Balaban J connectivity index is 1.51. The average Bonchev–Trinajstić information content (AvgIpc) is 2.71. The van der Waals surface area contributed by atoms with E-state index in [9.17, 15) is 0 Å². The Labute approximate surface area is 130 Å². The molecule has 1 aliphatic heterocycles. The lowest BCUT2D eigenvalue weighted by molar-refractivity contribution is 0.591. The van der Waals surface area contributed by atoms with Crippen molar-refractivity contribution in [2.45, 2.75) is 50.2 Å². The number of aryl methyl sites for hydroxylation is 2. The summed E-state index contributed by atoms with van der Waals surface area (Å²) >= 11 is 1.83. The summed E-state index contributed by atoms with van der Waals surface area (Å²) in [6.45, 7) is 1.08. The van der Waals surface area contributed by atoms with Gasteiger partial charge in [-0.15, -0.1) is 10.2 Å². The Bertz CT molecular complexity index is 594. The molecule has 0 unspecified atom stereocenters. The molecule has 0 saturated carbocycles. The van der Waals surface area contributed by atoms with Crippen molar-refractivity contribution in [2.24, 2.45) is 0 Å². The van der Waals surface area contributed by atoms with Crippen molar-refractivity contribution < 1.29 is 0 Å². The normalized spacial score (nSPS) is 14.7. The van der Waals surface area contributed by atoms with Crippen LogP contribution in [0.1, 0.15) is 37.1 Å². The SMILES string of the molecule is Nc1cccc(CCCSc2nnc3n2CCCCC3)c1. The van der Waals surface area contributed by atoms with E-state index in [0.29, 0.717) is 0 Å². The molecule has 0 aliphatic carbocycles. The van der Waals surface area contributed by atoms with E-state index in [1.54, 1.807) is 0 Å². The highest BCUT2D eigenvalue weighted by molar-refractivity contribution is 7.99. The lowest BCUT2D eigenvalue weighted by atomic mass is 10.1. The van der Waals surface area contributed by atoms with Gasteiger partial charge < -0.3 is 10.3 Å². The molecule has 21 heavy (non-hydrogen) atoms. The largest absolute Gasteiger partial charge is 0.399 e. The Kier molecular flexibility index (Phi) is 4.80. The smallest absolute Gasteiger partial charge is 0.191 e. The highest BCUT2D eigenvalue weighted by Gasteiger charge is 2.14. The lowest BCUT2D eigenvalue weighted by Gasteiger charge is -2.06. The van der Waals surface area contributed by atoms with E-state index in [2.05, 4.69) is 26.9 Å². The first-order chi connectivity index (χ1) is 10.3. The minimum absolute atomic E-state index is 0.850. The third-order valence-electron chi connectivity index (χ3n) is 3.87. The second-order valence-electron chi connectivity index (χ2n) is 5.56. The standard InChI is InChI=1S/C16H22N4S/c17-14-8-4-6-13(12-14)7-5-11-21-16-19-18-15-9-2-1-3-10-20(15)16/h4,6,8,12H,1-3,5,7,9-11,17H2. The molecule has 3 rings (SSSR count). The molecule has 5 heteroatoms. The number of nitrogens with zero attached hydrogens (tertiary/aromatic N) is 3. The highest BCUT2D eigenvalue weighted by Crippen LogP contribution is 2.22. The van der Waals surface area contributed by atoms with E-state index < -0.39 is 0 Å². The molecule has 0 bridgehead atoms. The Morgan fingerprint density at radius 3 is 3.05 bits per heavy atom. The molecule has 2 heterocycles.